The third-order valence-electron chi connectivity index (χ3n) is 6.32. The van der Waals surface area contributed by atoms with Gasteiger partial charge in [-0.3, -0.25) is 13.9 Å². The van der Waals surface area contributed by atoms with Gasteiger partial charge in [0.25, 0.3) is 10.0 Å². The summed E-state index contributed by atoms with van der Waals surface area (Å²) >= 11 is 0. The Morgan fingerprint density at radius 1 is 0.974 bits per heavy atom. The summed E-state index contributed by atoms with van der Waals surface area (Å²) in [5, 5.41) is 2.58. The normalized spacial score (nSPS) is 13.3. The van der Waals surface area contributed by atoms with Crippen molar-refractivity contribution in [1.29, 1.82) is 0 Å². The lowest BCUT2D eigenvalue weighted by atomic mass is 10.1. The molecule has 1 heterocycles. The number of benzene rings is 3. The van der Waals surface area contributed by atoms with Crippen LogP contribution in [0.25, 0.3) is 0 Å². The molecule has 0 saturated carbocycles. The van der Waals surface area contributed by atoms with Crippen LogP contribution in [0.4, 0.5) is 10.1 Å². The van der Waals surface area contributed by atoms with Crippen molar-refractivity contribution in [2.75, 3.05) is 31.1 Å². The summed E-state index contributed by atoms with van der Waals surface area (Å²) in [6.45, 7) is 1.85. The number of likely N-dealkylation sites (N-methyl/N-ethyl adjacent to an activating group) is 1. The monoisotopic (exact) mass is 555 g/mol. The lowest BCUT2D eigenvalue weighted by Gasteiger charge is -2.33. The minimum atomic E-state index is -4.33. The van der Waals surface area contributed by atoms with Gasteiger partial charge in [-0.25, -0.2) is 12.8 Å². The second-order valence-corrected chi connectivity index (χ2v) is 10.7. The average Bonchev–Trinajstić information content (AvgIpc) is 2.96. The second kappa shape index (κ2) is 12.2. The molecular formula is C28H30FN3O6S. The van der Waals surface area contributed by atoms with Gasteiger partial charge < -0.3 is 19.7 Å². The van der Waals surface area contributed by atoms with E-state index in [2.05, 4.69) is 5.32 Å². The number of rotatable bonds is 10. The van der Waals surface area contributed by atoms with Crippen LogP contribution >= 0.6 is 0 Å². The molecule has 0 aliphatic carbocycles. The first-order valence-electron chi connectivity index (χ1n) is 12.5. The van der Waals surface area contributed by atoms with Gasteiger partial charge in [-0.15, -0.1) is 0 Å². The van der Waals surface area contributed by atoms with Crippen LogP contribution < -0.4 is 19.1 Å². The average molecular weight is 556 g/mol. The van der Waals surface area contributed by atoms with Gasteiger partial charge in [0.2, 0.25) is 11.8 Å². The molecule has 206 valence electrons. The molecule has 3 aromatic carbocycles. The first kappa shape index (κ1) is 27.9. The molecule has 0 aromatic heterocycles. The fourth-order valence-corrected chi connectivity index (χ4v) is 5.74. The zero-order chi connectivity index (χ0) is 28.0. The molecule has 1 atom stereocenters. The molecule has 1 N–H and O–H groups in total. The summed E-state index contributed by atoms with van der Waals surface area (Å²) < 4.78 is 53.6. The van der Waals surface area contributed by atoms with Crippen LogP contribution in [0.2, 0.25) is 0 Å². The summed E-state index contributed by atoms with van der Waals surface area (Å²) in [4.78, 5) is 27.8. The number of carbonyl (C=O) groups is 2. The van der Waals surface area contributed by atoms with E-state index in [1.54, 1.807) is 6.92 Å². The van der Waals surface area contributed by atoms with E-state index >= 15 is 0 Å². The molecule has 11 heteroatoms. The maximum absolute atomic E-state index is 13.9. The highest BCUT2D eigenvalue weighted by molar-refractivity contribution is 7.92. The third kappa shape index (κ3) is 6.31. The molecule has 0 bridgehead atoms. The maximum atomic E-state index is 13.9. The Kier molecular flexibility index (Phi) is 8.70. The van der Waals surface area contributed by atoms with Crippen molar-refractivity contribution in [3.63, 3.8) is 0 Å². The number of hydrogen-bond donors (Lipinski definition) is 1. The number of amides is 2. The Balaban J connectivity index is 1.74. The molecule has 1 aliphatic rings. The van der Waals surface area contributed by atoms with Gasteiger partial charge in [0.1, 0.15) is 31.6 Å². The molecular weight excluding hydrogens is 525 g/mol. The number of nitrogens with one attached hydrogen (secondary N) is 1. The summed E-state index contributed by atoms with van der Waals surface area (Å²) in [5.41, 5.74) is 0.864. The fraction of sp³-hybridized carbons (Fsp3) is 0.286. The van der Waals surface area contributed by atoms with Crippen LogP contribution in [-0.2, 0) is 26.2 Å². The van der Waals surface area contributed by atoms with Crippen molar-refractivity contribution < 1.29 is 31.9 Å². The summed E-state index contributed by atoms with van der Waals surface area (Å²) in [5.74, 6) is -0.846. The predicted octanol–water partition coefficient (Wildman–Crippen LogP) is 3.35. The molecule has 9 nitrogen and oxygen atoms in total. The molecule has 1 aliphatic heterocycles. The number of nitrogens with zero attached hydrogens (tertiary/aromatic N) is 2. The molecule has 0 spiro atoms. The highest BCUT2D eigenvalue weighted by Gasteiger charge is 2.34. The van der Waals surface area contributed by atoms with Crippen LogP contribution in [-0.4, -0.2) is 58.0 Å². The van der Waals surface area contributed by atoms with Crippen molar-refractivity contribution in [2.45, 2.75) is 30.8 Å². The standard InChI is InChI=1S/C28H30FN3O6S/c1-3-24(28(34)30-2)31(18-20-7-5-4-6-8-20)27(33)19-32(22-11-9-21(29)10-12-22)39(35,36)23-13-14-25-26(17-23)38-16-15-37-25/h4-14,17,24H,3,15-16,18-19H2,1-2H3,(H,30,34)/t24-/m1/s1. The lowest BCUT2D eigenvalue weighted by molar-refractivity contribution is -0.140. The van der Waals surface area contributed by atoms with E-state index in [4.69, 9.17) is 9.47 Å². The molecule has 3 aromatic rings. The second-order valence-electron chi connectivity index (χ2n) is 8.84. The van der Waals surface area contributed by atoms with E-state index in [0.29, 0.717) is 18.8 Å². The van der Waals surface area contributed by atoms with Crippen LogP contribution in [0.15, 0.2) is 77.7 Å². The highest BCUT2D eigenvalue weighted by atomic mass is 32.2. The number of hydrogen-bond acceptors (Lipinski definition) is 6. The molecule has 0 radical (unpaired) electrons. The quantitative estimate of drug-likeness (QED) is 0.412. The topological polar surface area (TPSA) is 105 Å². The van der Waals surface area contributed by atoms with E-state index in [0.717, 1.165) is 22.0 Å². The SMILES string of the molecule is CC[C@H](C(=O)NC)N(Cc1ccccc1)C(=O)CN(c1ccc(F)cc1)S(=O)(=O)c1ccc2c(c1)OCCO2. The van der Waals surface area contributed by atoms with Gasteiger partial charge in [-0.1, -0.05) is 37.3 Å². The molecule has 39 heavy (non-hydrogen) atoms. The van der Waals surface area contributed by atoms with Crippen molar-refractivity contribution in [3.8, 4) is 11.5 Å². The van der Waals surface area contributed by atoms with Gasteiger partial charge >= 0.3 is 0 Å². The van der Waals surface area contributed by atoms with Gasteiger partial charge in [0.15, 0.2) is 11.5 Å². The maximum Gasteiger partial charge on any atom is 0.264 e. The number of halogens is 1. The largest absolute Gasteiger partial charge is 0.486 e. The Morgan fingerprint density at radius 3 is 2.28 bits per heavy atom. The van der Waals surface area contributed by atoms with Crippen LogP contribution in [0.1, 0.15) is 18.9 Å². The number of fused-ring (bicyclic) bond motifs is 1. The molecule has 0 saturated heterocycles. The number of sulfonamides is 1. The van der Waals surface area contributed by atoms with Gasteiger partial charge in [-0.2, -0.15) is 0 Å². The minimum Gasteiger partial charge on any atom is -0.486 e. The summed E-state index contributed by atoms with van der Waals surface area (Å²) in [6, 6.07) is 17.3. The number of ether oxygens (including phenoxy) is 2. The van der Waals surface area contributed by atoms with Crippen molar-refractivity contribution in [3.05, 3.63) is 84.2 Å². The highest BCUT2D eigenvalue weighted by Crippen LogP contribution is 2.34. The van der Waals surface area contributed by atoms with Crippen molar-refractivity contribution in [2.24, 2.45) is 0 Å². The van der Waals surface area contributed by atoms with E-state index < -0.39 is 34.3 Å². The number of anilines is 1. The van der Waals surface area contributed by atoms with E-state index in [1.807, 2.05) is 30.3 Å². The molecule has 2 amide bonds. The Morgan fingerprint density at radius 2 is 1.64 bits per heavy atom. The zero-order valence-electron chi connectivity index (χ0n) is 21.7. The van der Waals surface area contributed by atoms with Gasteiger partial charge in [0, 0.05) is 19.7 Å². The van der Waals surface area contributed by atoms with E-state index in [1.165, 1.54) is 42.3 Å². The molecule has 4 rings (SSSR count). The fourth-order valence-electron chi connectivity index (χ4n) is 4.31. The Bertz CT molecular complexity index is 1420. The van der Waals surface area contributed by atoms with Gasteiger partial charge in [-0.05, 0) is 48.4 Å². The predicted molar refractivity (Wildman–Crippen MR) is 144 cm³/mol. The van der Waals surface area contributed by atoms with E-state index in [-0.39, 0.29) is 35.4 Å². The minimum absolute atomic E-state index is 0.0901. The van der Waals surface area contributed by atoms with Crippen LogP contribution in [0, 0.1) is 5.82 Å². The lowest BCUT2D eigenvalue weighted by Crippen LogP contribution is -2.51. The van der Waals surface area contributed by atoms with E-state index in [9.17, 15) is 22.4 Å². The zero-order valence-corrected chi connectivity index (χ0v) is 22.5. The van der Waals surface area contributed by atoms with Crippen molar-refractivity contribution in [1.82, 2.24) is 10.2 Å². The van der Waals surface area contributed by atoms with Crippen LogP contribution in [0.3, 0.4) is 0 Å². The Labute approximate surface area is 227 Å². The molecule has 0 fully saturated rings. The van der Waals surface area contributed by atoms with Gasteiger partial charge in [0.05, 0.1) is 10.6 Å². The summed E-state index contributed by atoms with van der Waals surface area (Å²) in [7, 11) is -2.85. The molecule has 0 unspecified atom stereocenters. The first-order chi connectivity index (χ1) is 18.7. The van der Waals surface area contributed by atoms with Crippen LogP contribution in [0.5, 0.6) is 11.5 Å². The summed E-state index contributed by atoms with van der Waals surface area (Å²) in [6.07, 6.45) is 0.309. The third-order valence-corrected chi connectivity index (χ3v) is 8.09. The smallest absolute Gasteiger partial charge is 0.264 e. The Hall–Kier alpha value is -4.12. The first-order valence-corrected chi connectivity index (χ1v) is 13.9. The van der Waals surface area contributed by atoms with Crippen molar-refractivity contribution >= 4 is 27.5 Å². The number of carbonyl (C=O) groups excluding carboxylic acids is 2.